The third-order valence-corrected chi connectivity index (χ3v) is 2.74. The van der Waals surface area contributed by atoms with E-state index in [1.807, 2.05) is 6.07 Å². The maximum absolute atomic E-state index is 13.0. The third kappa shape index (κ3) is 2.84. The van der Waals surface area contributed by atoms with Gasteiger partial charge in [-0.15, -0.1) is 0 Å². The van der Waals surface area contributed by atoms with E-state index in [1.54, 1.807) is 12.1 Å². The summed E-state index contributed by atoms with van der Waals surface area (Å²) in [6.45, 7) is 0.150. The molecule has 0 unspecified atom stereocenters. The number of benzene rings is 1. The van der Waals surface area contributed by atoms with Crippen LogP contribution in [-0.4, -0.2) is 21.9 Å². The van der Waals surface area contributed by atoms with Crippen molar-refractivity contribution >= 4 is 11.6 Å². The van der Waals surface area contributed by atoms with Gasteiger partial charge in [-0.05, 0) is 37.1 Å². The summed E-state index contributed by atoms with van der Waals surface area (Å²) in [6, 6.07) is 6.37. The van der Waals surface area contributed by atoms with Gasteiger partial charge in [0, 0.05) is 17.9 Å². The first-order valence-electron chi connectivity index (χ1n) is 5.31. The SMILES string of the molecule is OCCCc1cc(-c2ccc(F)c(Cl)c2)n[nH]1. The number of aromatic amines is 1. The molecule has 1 aromatic carbocycles. The predicted molar refractivity (Wildman–Crippen MR) is 64.4 cm³/mol. The smallest absolute Gasteiger partial charge is 0.141 e. The maximum Gasteiger partial charge on any atom is 0.141 e. The van der Waals surface area contributed by atoms with Gasteiger partial charge in [0.25, 0.3) is 0 Å². The number of aryl methyl sites for hydroxylation is 1. The lowest BCUT2D eigenvalue weighted by Gasteiger charge is -1.98. The van der Waals surface area contributed by atoms with Gasteiger partial charge >= 0.3 is 0 Å². The second kappa shape index (κ2) is 5.29. The van der Waals surface area contributed by atoms with Crippen LogP contribution in [0.4, 0.5) is 4.39 Å². The van der Waals surface area contributed by atoms with Crippen LogP contribution in [0.1, 0.15) is 12.1 Å². The Balaban J connectivity index is 2.21. The molecule has 0 saturated heterocycles. The van der Waals surface area contributed by atoms with Gasteiger partial charge in [-0.1, -0.05) is 11.6 Å². The number of nitrogens with one attached hydrogen (secondary N) is 1. The molecule has 0 aliphatic rings. The Hall–Kier alpha value is -1.39. The maximum atomic E-state index is 13.0. The minimum atomic E-state index is -0.438. The second-order valence-corrected chi connectivity index (χ2v) is 4.14. The summed E-state index contributed by atoms with van der Waals surface area (Å²) in [6.07, 6.45) is 1.42. The van der Waals surface area contributed by atoms with Crippen LogP contribution in [0.15, 0.2) is 24.3 Å². The van der Waals surface area contributed by atoms with Crippen LogP contribution in [0.5, 0.6) is 0 Å². The zero-order valence-electron chi connectivity index (χ0n) is 9.08. The largest absolute Gasteiger partial charge is 0.396 e. The molecule has 1 heterocycles. The fourth-order valence-electron chi connectivity index (χ4n) is 1.56. The van der Waals surface area contributed by atoms with Crippen LogP contribution in [-0.2, 0) is 6.42 Å². The minimum Gasteiger partial charge on any atom is -0.396 e. The first kappa shape index (κ1) is 12.1. The Bertz CT molecular complexity index is 513. The van der Waals surface area contributed by atoms with Gasteiger partial charge in [0.15, 0.2) is 0 Å². The van der Waals surface area contributed by atoms with Crippen LogP contribution in [0.25, 0.3) is 11.3 Å². The molecule has 0 saturated carbocycles. The molecule has 3 nitrogen and oxygen atoms in total. The van der Waals surface area contributed by atoms with Crippen molar-refractivity contribution in [3.8, 4) is 11.3 Å². The highest BCUT2D eigenvalue weighted by Gasteiger charge is 2.06. The standard InChI is InChI=1S/C12H12ClFN2O/c13-10-6-8(3-4-11(10)14)12-7-9(15-16-12)2-1-5-17/h3-4,6-7,17H,1-2,5H2,(H,15,16). The molecule has 2 N–H and O–H groups in total. The zero-order valence-corrected chi connectivity index (χ0v) is 9.84. The van der Waals surface area contributed by atoms with Gasteiger partial charge < -0.3 is 5.11 Å². The zero-order chi connectivity index (χ0) is 12.3. The minimum absolute atomic E-state index is 0.0856. The second-order valence-electron chi connectivity index (χ2n) is 3.73. The number of aliphatic hydroxyl groups excluding tert-OH is 1. The summed E-state index contributed by atoms with van der Waals surface area (Å²) in [5, 5.41) is 15.8. The van der Waals surface area contributed by atoms with Crippen molar-refractivity contribution in [3.63, 3.8) is 0 Å². The van der Waals surface area contributed by atoms with Crippen molar-refractivity contribution in [2.75, 3.05) is 6.61 Å². The summed E-state index contributed by atoms with van der Waals surface area (Å²) in [5.41, 5.74) is 2.43. The number of H-pyrrole nitrogens is 1. The number of halogens is 2. The Kier molecular flexibility index (Phi) is 3.76. The highest BCUT2D eigenvalue weighted by atomic mass is 35.5. The number of hydrogen-bond donors (Lipinski definition) is 2. The predicted octanol–water partition coefficient (Wildman–Crippen LogP) is 2.79. The van der Waals surface area contributed by atoms with Crippen molar-refractivity contribution in [1.29, 1.82) is 0 Å². The van der Waals surface area contributed by atoms with Gasteiger partial charge in [-0.2, -0.15) is 5.10 Å². The summed E-state index contributed by atoms with van der Waals surface area (Å²) in [5.74, 6) is -0.438. The monoisotopic (exact) mass is 254 g/mol. The van der Waals surface area contributed by atoms with E-state index < -0.39 is 5.82 Å². The Morgan fingerprint density at radius 3 is 2.88 bits per heavy atom. The van der Waals surface area contributed by atoms with Crippen LogP contribution >= 0.6 is 11.6 Å². The van der Waals surface area contributed by atoms with Crippen molar-refractivity contribution in [2.45, 2.75) is 12.8 Å². The highest BCUT2D eigenvalue weighted by molar-refractivity contribution is 6.31. The molecule has 17 heavy (non-hydrogen) atoms. The topological polar surface area (TPSA) is 48.9 Å². The summed E-state index contributed by atoms with van der Waals surface area (Å²) < 4.78 is 13.0. The van der Waals surface area contributed by atoms with E-state index in [0.29, 0.717) is 6.42 Å². The third-order valence-electron chi connectivity index (χ3n) is 2.45. The molecule has 90 valence electrons. The van der Waals surface area contributed by atoms with E-state index >= 15 is 0 Å². The lowest BCUT2D eigenvalue weighted by Crippen LogP contribution is -1.88. The first-order valence-corrected chi connectivity index (χ1v) is 5.69. The molecule has 0 aliphatic heterocycles. The molecule has 0 radical (unpaired) electrons. The summed E-state index contributed by atoms with van der Waals surface area (Å²) >= 11 is 5.71. The van der Waals surface area contributed by atoms with Crippen LogP contribution < -0.4 is 0 Å². The molecule has 0 fully saturated rings. The molecule has 0 aliphatic carbocycles. The highest BCUT2D eigenvalue weighted by Crippen LogP contribution is 2.24. The van der Waals surface area contributed by atoms with Crippen LogP contribution in [0.2, 0.25) is 5.02 Å². The number of rotatable bonds is 4. The number of aliphatic hydroxyl groups is 1. The fraction of sp³-hybridized carbons (Fsp3) is 0.250. The molecular formula is C12H12ClFN2O. The van der Waals surface area contributed by atoms with Gasteiger partial charge in [0.2, 0.25) is 0 Å². The van der Waals surface area contributed by atoms with Gasteiger partial charge in [0.1, 0.15) is 5.82 Å². The molecule has 0 bridgehead atoms. The van der Waals surface area contributed by atoms with Crippen molar-refractivity contribution in [1.82, 2.24) is 10.2 Å². The van der Waals surface area contributed by atoms with E-state index in [4.69, 9.17) is 16.7 Å². The molecule has 0 amide bonds. The lowest BCUT2D eigenvalue weighted by molar-refractivity contribution is 0.288. The van der Waals surface area contributed by atoms with Crippen LogP contribution in [0.3, 0.4) is 0 Å². The molecule has 5 heteroatoms. The molecule has 2 aromatic rings. The quantitative estimate of drug-likeness (QED) is 0.881. The molecule has 0 atom stereocenters. The number of hydrogen-bond acceptors (Lipinski definition) is 2. The normalized spacial score (nSPS) is 10.8. The Morgan fingerprint density at radius 2 is 2.18 bits per heavy atom. The van der Waals surface area contributed by atoms with E-state index in [-0.39, 0.29) is 11.6 Å². The van der Waals surface area contributed by atoms with Crippen molar-refractivity contribution in [3.05, 3.63) is 40.8 Å². The van der Waals surface area contributed by atoms with Gasteiger partial charge in [-0.3, -0.25) is 5.10 Å². The first-order chi connectivity index (χ1) is 8.20. The van der Waals surface area contributed by atoms with Gasteiger partial charge in [-0.25, -0.2) is 4.39 Å². The lowest BCUT2D eigenvalue weighted by atomic mass is 10.1. The molecule has 2 rings (SSSR count). The van der Waals surface area contributed by atoms with Gasteiger partial charge in [0.05, 0.1) is 10.7 Å². The van der Waals surface area contributed by atoms with Crippen LogP contribution in [0, 0.1) is 5.82 Å². The number of nitrogens with zero attached hydrogens (tertiary/aromatic N) is 1. The van der Waals surface area contributed by atoms with Crippen molar-refractivity contribution in [2.24, 2.45) is 0 Å². The fourth-order valence-corrected chi connectivity index (χ4v) is 1.74. The molecule has 0 spiro atoms. The van der Waals surface area contributed by atoms with Crippen molar-refractivity contribution < 1.29 is 9.50 Å². The Morgan fingerprint density at radius 1 is 1.35 bits per heavy atom. The average Bonchev–Trinajstić information content (AvgIpc) is 2.79. The van der Waals surface area contributed by atoms with E-state index in [2.05, 4.69) is 10.2 Å². The molecule has 1 aromatic heterocycles. The average molecular weight is 255 g/mol. The number of aromatic nitrogens is 2. The van der Waals surface area contributed by atoms with E-state index in [0.717, 1.165) is 23.4 Å². The summed E-state index contributed by atoms with van der Waals surface area (Å²) in [7, 11) is 0. The van der Waals surface area contributed by atoms with E-state index in [9.17, 15) is 4.39 Å². The summed E-state index contributed by atoms with van der Waals surface area (Å²) in [4.78, 5) is 0. The van der Waals surface area contributed by atoms with E-state index in [1.165, 1.54) is 6.07 Å². The Labute approximate surface area is 103 Å². The molecular weight excluding hydrogens is 243 g/mol.